The van der Waals surface area contributed by atoms with E-state index in [4.69, 9.17) is 9.15 Å². The molecule has 1 aliphatic rings. The van der Waals surface area contributed by atoms with Crippen LogP contribution < -0.4 is 0 Å². The highest BCUT2D eigenvalue weighted by Crippen LogP contribution is 2.21. The predicted octanol–water partition coefficient (Wildman–Crippen LogP) is 3.27. The molecule has 0 saturated carbocycles. The first-order chi connectivity index (χ1) is 12.2. The summed E-state index contributed by atoms with van der Waals surface area (Å²) >= 11 is 0. The van der Waals surface area contributed by atoms with E-state index in [1.165, 1.54) is 0 Å². The zero-order chi connectivity index (χ0) is 17.2. The van der Waals surface area contributed by atoms with Gasteiger partial charge in [0.25, 0.3) is 0 Å². The standard InChI is InChI=1S/C19H20FN3O2/c1-13-5-4-6-14(21-13)9-23-10-15(20)18(11-23)24-12-19-22-16-7-2-3-8-17(16)25-19/h2-8,15,18H,9-12H2,1H3/t15-,18+/m1/s1. The molecule has 4 rings (SSSR count). The van der Waals surface area contributed by atoms with Gasteiger partial charge < -0.3 is 9.15 Å². The monoisotopic (exact) mass is 341 g/mol. The third-order valence-electron chi connectivity index (χ3n) is 4.36. The first-order valence-corrected chi connectivity index (χ1v) is 8.42. The Bertz CT molecular complexity index is 834. The van der Waals surface area contributed by atoms with Gasteiger partial charge in [0.1, 0.15) is 24.4 Å². The van der Waals surface area contributed by atoms with Gasteiger partial charge in [-0.3, -0.25) is 9.88 Å². The topological polar surface area (TPSA) is 51.4 Å². The van der Waals surface area contributed by atoms with Crippen molar-refractivity contribution in [1.29, 1.82) is 0 Å². The van der Waals surface area contributed by atoms with E-state index in [1.807, 2.05) is 54.3 Å². The minimum atomic E-state index is -1.02. The lowest BCUT2D eigenvalue weighted by molar-refractivity contribution is 0.00236. The molecule has 1 aliphatic heterocycles. The number of aryl methyl sites for hydroxylation is 1. The van der Waals surface area contributed by atoms with E-state index in [0.29, 0.717) is 25.5 Å². The number of pyridine rings is 1. The molecular formula is C19H20FN3O2. The Labute approximate surface area is 145 Å². The lowest BCUT2D eigenvalue weighted by Crippen LogP contribution is -2.24. The summed E-state index contributed by atoms with van der Waals surface area (Å²) in [5.41, 5.74) is 3.43. The molecule has 0 bridgehead atoms. The number of aromatic nitrogens is 2. The van der Waals surface area contributed by atoms with Crippen LogP contribution in [-0.2, 0) is 17.9 Å². The SMILES string of the molecule is Cc1cccc(CN2C[C@@H](F)[C@@H](OCc3nc4ccccc4o3)C2)n1. The Morgan fingerprint density at radius 3 is 2.88 bits per heavy atom. The number of oxazole rings is 1. The molecule has 0 spiro atoms. The number of fused-ring (bicyclic) bond motifs is 1. The maximum Gasteiger partial charge on any atom is 0.221 e. The van der Waals surface area contributed by atoms with Crippen LogP contribution in [-0.4, -0.2) is 40.2 Å². The number of alkyl halides is 1. The number of hydrogen-bond donors (Lipinski definition) is 0. The molecule has 0 N–H and O–H groups in total. The van der Waals surface area contributed by atoms with Crippen molar-refractivity contribution in [2.75, 3.05) is 13.1 Å². The summed E-state index contributed by atoms with van der Waals surface area (Å²) in [5, 5.41) is 0. The molecule has 2 aromatic heterocycles. The van der Waals surface area contributed by atoms with Gasteiger partial charge in [-0.1, -0.05) is 18.2 Å². The molecule has 1 saturated heterocycles. The van der Waals surface area contributed by atoms with Crippen molar-refractivity contribution in [2.24, 2.45) is 0 Å². The second kappa shape index (κ2) is 6.90. The lowest BCUT2D eigenvalue weighted by Gasteiger charge is -2.15. The number of para-hydroxylation sites is 2. The number of halogens is 1. The van der Waals surface area contributed by atoms with Crippen molar-refractivity contribution < 1.29 is 13.5 Å². The maximum absolute atomic E-state index is 14.3. The second-order valence-corrected chi connectivity index (χ2v) is 6.41. The highest BCUT2D eigenvalue weighted by Gasteiger charge is 2.34. The third kappa shape index (κ3) is 3.70. The molecule has 25 heavy (non-hydrogen) atoms. The van der Waals surface area contributed by atoms with Crippen LogP contribution in [0.25, 0.3) is 11.1 Å². The lowest BCUT2D eigenvalue weighted by atomic mass is 10.3. The smallest absolute Gasteiger partial charge is 0.221 e. The zero-order valence-corrected chi connectivity index (χ0v) is 14.1. The Hall–Kier alpha value is -2.31. The predicted molar refractivity (Wildman–Crippen MR) is 91.7 cm³/mol. The minimum Gasteiger partial charge on any atom is -0.438 e. The molecule has 6 heteroatoms. The Kier molecular flexibility index (Phi) is 4.46. The summed E-state index contributed by atoms with van der Waals surface area (Å²) in [6, 6.07) is 13.4. The van der Waals surface area contributed by atoms with Crippen molar-refractivity contribution in [2.45, 2.75) is 32.4 Å². The van der Waals surface area contributed by atoms with Crippen molar-refractivity contribution in [3.8, 4) is 0 Å². The van der Waals surface area contributed by atoms with E-state index < -0.39 is 12.3 Å². The molecule has 0 radical (unpaired) electrons. The Balaban J connectivity index is 1.35. The van der Waals surface area contributed by atoms with Crippen LogP contribution in [0.5, 0.6) is 0 Å². The van der Waals surface area contributed by atoms with Crippen LogP contribution >= 0.6 is 0 Å². The summed E-state index contributed by atoms with van der Waals surface area (Å²) in [7, 11) is 0. The first-order valence-electron chi connectivity index (χ1n) is 8.42. The summed E-state index contributed by atoms with van der Waals surface area (Å²) in [6.45, 7) is 3.66. The van der Waals surface area contributed by atoms with E-state index in [2.05, 4.69) is 9.97 Å². The molecule has 3 heterocycles. The van der Waals surface area contributed by atoms with Crippen molar-refractivity contribution >= 4 is 11.1 Å². The minimum absolute atomic E-state index is 0.177. The fourth-order valence-electron chi connectivity index (χ4n) is 3.17. The van der Waals surface area contributed by atoms with Crippen LogP contribution in [0.1, 0.15) is 17.3 Å². The van der Waals surface area contributed by atoms with E-state index in [0.717, 1.165) is 22.5 Å². The zero-order valence-electron chi connectivity index (χ0n) is 14.1. The number of ether oxygens (including phenoxy) is 1. The van der Waals surface area contributed by atoms with Gasteiger partial charge in [-0.2, -0.15) is 0 Å². The van der Waals surface area contributed by atoms with Gasteiger partial charge in [-0.15, -0.1) is 0 Å². The second-order valence-electron chi connectivity index (χ2n) is 6.41. The van der Waals surface area contributed by atoms with Gasteiger partial charge in [0.15, 0.2) is 5.58 Å². The van der Waals surface area contributed by atoms with Crippen molar-refractivity contribution in [3.05, 3.63) is 59.7 Å². The molecule has 130 valence electrons. The fourth-order valence-corrected chi connectivity index (χ4v) is 3.17. The van der Waals surface area contributed by atoms with Gasteiger partial charge in [0, 0.05) is 25.3 Å². The van der Waals surface area contributed by atoms with Crippen LogP contribution in [0, 0.1) is 6.92 Å². The van der Waals surface area contributed by atoms with Crippen LogP contribution in [0.15, 0.2) is 46.9 Å². The maximum atomic E-state index is 14.3. The fraction of sp³-hybridized carbons (Fsp3) is 0.368. The van der Waals surface area contributed by atoms with E-state index >= 15 is 0 Å². The molecule has 0 unspecified atom stereocenters. The largest absolute Gasteiger partial charge is 0.438 e. The molecule has 5 nitrogen and oxygen atoms in total. The van der Waals surface area contributed by atoms with Crippen LogP contribution in [0.2, 0.25) is 0 Å². The van der Waals surface area contributed by atoms with Gasteiger partial charge in [-0.05, 0) is 31.2 Å². The third-order valence-corrected chi connectivity index (χ3v) is 4.36. The van der Waals surface area contributed by atoms with Gasteiger partial charge in [0.05, 0.1) is 5.69 Å². The van der Waals surface area contributed by atoms with E-state index in [1.54, 1.807) is 0 Å². The van der Waals surface area contributed by atoms with Crippen LogP contribution in [0.3, 0.4) is 0 Å². The summed E-state index contributed by atoms with van der Waals surface area (Å²) in [5.74, 6) is 0.479. The van der Waals surface area contributed by atoms with Gasteiger partial charge >= 0.3 is 0 Å². The Morgan fingerprint density at radius 1 is 1.16 bits per heavy atom. The number of benzene rings is 1. The average molecular weight is 341 g/mol. The summed E-state index contributed by atoms with van der Waals surface area (Å²) < 4.78 is 25.6. The number of hydrogen-bond acceptors (Lipinski definition) is 5. The first kappa shape index (κ1) is 16.2. The van der Waals surface area contributed by atoms with Gasteiger partial charge in [0.2, 0.25) is 5.89 Å². The number of rotatable bonds is 5. The highest BCUT2D eigenvalue weighted by molar-refractivity contribution is 5.72. The average Bonchev–Trinajstić information content (AvgIpc) is 3.15. The molecule has 2 atom stereocenters. The highest BCUT2D eigenvalue weighted by atomic mass is 19.1. The van der Waals surface area contributed by atoms with E-state index in [9.17, 15) is 4.39 Å². The van der Waals surface area contributed by atoms with Crippen LogP contribution in [0.4, 0.5) is 4.39 Å². The molecule has 1 aromatic carbocycles. The van der Waals surface area contributed by atoms with Crippen molar-refractivity contribution in [3.63, 3.8) is 0 Å². The quantitative estimate of drug-likeness (QED) is 0.713. The number of likely N-dealkylation sites (tertiary alicyclic amines) is 1. The van der Waals surface area contributed by atoms with Crippen molar-refractivity contribution in [1.82, 2.24) is 14.9 Å². The summed E-state index contributed by atoms with van der Waals surface area (Å²) in [6.07, 6.45) is -1.49. The summed E-state index contributed by atoms with van der Waals surface area (Å²) in [4.78, 5) is 10.9. The molecule has 3 aromatic rings. The normalized spacial score (nSPS) is 21.2. The molecule has 0 aliphatic carbocycles. The molecular weight excluding hydrogens is 321 g/mol. The Morgan fingerprint density at radius 2 is 2.04 bits per heavy atom. The molecule has 1 fully saturated rings. The molecule has 0 amide bonds. The van der Waals surface area contributed by atoms with E-state index in [-0.39, 0.29) is 6.61 Å². The van der Waals surface area contributed by atoms with Gasteiger partial charge in [-0.25, -0.2) is 9.37 Å². The number of nitrogens with zero attached hydrogens (tertiary/aromatic N) is 3.